The van der Waals surface area contributed by atoms with Crippen LogP contribution in [-0.2, 0) is 7.05 Å². The summed E-state index contributed by atoms with van der Waals surface area (Å²) in [6.45, 7) is 4.21. The van der Waals surface area contributed by atoms with E-state index in [1.807, 2.05) is 11.6 Å². The highest BCUT2D eigenvalue weighted by molar-refractivity contribution is 5.57. The van der Waals surface area contributed by atoms with Crippen molar-refractivity contribution in [3.8, 4) is 11.4 Å². The van der Waals surface area contributed by atoms with Gasteiger partial charge in [0.05, 0.1) is 0 Å². The van der Waals surface area contributed by atoms with Gasteiger partial charge in [0.25, 0.3) is 0 Å². The molecule has 0 aliphatic carbocycles. The van der Waals surface area contributed by atoms with Crippen molar-refractivity contribution in [1.29, 1.82) is 0 Å². The summed E-state index contributed by atoms with van der Waals surface area (Å²) >= 11 is 0. The zero-order chi connectivity index (χ0) is 10.1. The number of aromatic nitrogens is 3. The van der Waals surface area contributed by atoms with Crippen LogP contribution < -0.4 is 0 Å². The first-order chi connectivity index (χ1) is 6.68. The smallest absolute Gasteiger partial charge is 0.163 e. The first kappa shape index (κ1) is 8.94. The zero-order valence-corrected chi connectivity index (χ0v) is 8.65. The fraction of sp³-hybridized carbons (Fsp3) is 0.273. The molecule has 1 aromatic carbocycles. The van der Waals surface area contributed by atoms with Gasteiger partial charge in [0.2, 0.25) is 0 Å². The average molecular weight is 187 g/mol. The van der Waals surface area contributed by atoms with Crippen LogP contribution in [0, 0.1) is 13.8 Å². The molecule has 3 nitrogen and oxygen atoms in total. The van der Waals surface area contributed by atoms with Crippen LogP contribution in [0.5, 0.6) is 0 Å². The second-order valence-electron chi connectivity index (χ2n) is 3.56. The highest BCUT2D eigenvalue weighted by Crippen LogP contribution is 2.18. The lowest BCUT2D eigenvalue weighted by molar-refractivity contribution is 0.919. The highest BCUT2D eigenvalue weighted by atomic mass is 15.2. The molecule has 0 aliphatic rings. The van der Waals surface area contributed by atoms with Gasteiger partial charge in [-0.2, -0.15) is 0 Å². The number of hydrogen-bond donors (Lipinski definition) is 0. The molecule has 1 heterocycles. The molecule has 0 atom stereocenters. The molecule has 2 aromatic rings. The quantitative estimate of drug-likeness (QED) is 0.684. The second-order valence-corrected chi connectivity index (χ2v) is 3.56. The van der Waals surface area contributed by atoms with E-state index in [1.54, 1.807) is 6.33 Å². The topological polar surface area (TPSA) is 30.7 Å². The van der Waals surface area contributed by atoms with Crippen LogP contribution in [0.15, 0.2) is 24.5 Å². The maximum absolute atomic E-state index is 4.07. The summed E-state index contributed by atoms with van der Waals surface area (Å²) in [6, 6.07) is 6.32. The Balaban J connectivity index is 2.53. The molecule has 0 aliphatic heterocycles. The predicted octanol–water partition coefficient (Wildman–Crippen LogP) is 2.10. The Labute approximate surface area is 83.4 Å². The second kappa shape index (κ2) is 3.25. The van der Waals surface area contributed by atoms with E-state index in [4.69, 9.17) is 0 Å². The van der Waals surface area contributed by atoms with E-state index in [1.165, 1.54) is 11.1 Å². The minimum Gasteiger partial charge on any atom is -0.317 e. The van der Waals surface area contributed by atoms with Crippen molar-refractivity contribution >= 4 is 0 Å². The van der Waals surface area contributed by atoms with Crippen LogP contribution in [0.25, 0.3) is 11.4 Å². The molecule has 0 N–H and O–H groups in total. The fourth-order valence-corrected chi connectivity index (χ4v) is 1.43. The van der Waals surface area contributed by atoms with Crippen molar-refractivity contribution in [3.63, 3.8) is 0 Å². The number of aryl methyl sites for hydroxylation is 3. The molecule has 0 radical (unpaired) electrons. The highest BCUT2D eigenvalue weighted by Gasteiger charge is 2.04. The Morgan fingerprint density at radius 1 is 1.14 bits per heavy atom. The zero-order valence-electron chi connectivity index (χ0n) is 8.65. The van der Waals surface area contributed by atoms with Gasteiger partial charge in [0.15, 0.2) is 5.82 Å². The number of benzene rings is 1. The third-order valence-electron chi connectivity index (χ3n) is 2.48. The summed E-state index contributed by atoms with van der Waals surface area (Å²) in [4.78, 5) is 0. The van der Waals surface area contributed by atoms with Gasteiger partial charge >= 0.3 is 0 Å². The Hall–Kier alpha value is -1.64. The van der Waals surface area contributed by atoms with E-state index in [9.17, 15) is 0 Å². The molecule has 14 heavy (non-hydrogen) atoms. The van der Waals surface area contributed by atoms with Gasteiger partial charge in [0, 0.05) is 12.6 Å². The summed E-state index contributed by atoms with van der Waals surface area (Å²) in [5.41, 5.74) is 3.70. The molecule has 0 saturated carbocycles. The number of nitrogens with zero attached hydrogens (tertiary/aromatic N) is 3. The summed E-state index contributed by atoms with van der Waals surface area (Å²) < 4.78 is 1.92. The predicted molar refractivity (Wildman–Crippen MR) is 55.9 cm³/mol. The van der Waals surface area contributed by atoms with Gasteiger partial charge < -0.3 is 4.57 Å². The van der Waals surface area contributed by atoms with Gasteiger partial charge in [-0.05, 0) is 31.0 Å². The molecule has 1 aromatic heterocycles. The Bertz CT molecular complexity index is 457. The van der Waals surface area contributed by atoms with Crippen molar-refractivity contribution in [2.45, 2.75) is 13.8 Å². The van der Waals surface area contributed by atoms with E-state index in [0.717, 1.165) is 11.4 Å². The summed E-state index contributed by atoms with van der Waals surface area (Å²) in [7, 11) is 1.95. The van der Waals surface area contributed by atoms with Crippen molar-refractivity contribution in [2.75, 3.05) is 0 Å². The SMILES string of the molecule is Cc1ccc(-c2nncn2C)cc1C. The summed E-state index contributed by atoms with van der Waals surface area (Å²) in [5, 5.41) is 7.93. The van der Waals surface area contributed by atoms with Crippen LogP contribution in [0.3, 0.4) is 0 Å². The maximum Gasteiger partial charge on any atom is 0.163 e. The summed E-state index contributed by atoms with van der Waals surface area (Å²) in [5.74, 6) is 0.910. The fourth-order valence-electron chi connectivity index (χ4n) is 1.43. The molecule has 3 heteroatoms. The van der Waals surface area contributed by atoms with Gasteiger partial charge in [-0.3, -0.25) is 0 Å². The maximum atomic E-state index is 4.07. The largest absolute Gasteiger partial charge is 0.317 e. The monoisotopic (exact) mass is 187 g/mol. The third kappa shape index (κ3) is 1.41. The number of rotatable bonds is 1. The van der Waals surface area contributed by atoms with Crippen LogP contribution >= 0.6 is 0 Å². The molecule has 2 rings (SSSR count). The van der Waals surface area contributed by atoms with Gasteiger partial charge in [-0.15, -0.1) is 10.2 Å². The average Bonchev–Trinajstić information content (AvgIpc) is 2.57. The van der Waals surface area contributed by atoms with Gasteiger partial charge in [-0.25, -0.2) is 0 Å². The molecule has 72 valence electrons. The molecule has 0 bridgehead atoms. The molecule has 0 spiro atoms. The van der Waals surface area contributed by atoms with E-state index >= 15 is 0 Å². The van der Waals surface area contributed by atoms with E-state index in [0.29, 0.717) is 0 Å². The van der Waals surface area contributed by atoms with Crippen LogP contribution in [-0.4, -0.2) is 14.8 Å². The normalized spacial score (nSPS) is 10.5. The minimum absolute atomic E-state index is 0.910. The van der Waals surface area contributed by atoms with Crippen LogP contribution in [0.2, 0.25) is 0 Å². The molecule has 0 fully saturated rings. The van der Waals surface area contributed by atoms with E-state index in [2.05, 4.69) is 42.2 Å². The van der Waals surface area contributed by atoms with E-state index < -0.39 is 0 Å². The summed E-state index contributed by atoms with van der Waals surface area (Å²) in [6.07, 6.45) is 1.71. The lowest BCUT2D eigenvalue weighted by atomic mass is 10.1. The van der Waals surface area contributed by atoms with E-state index in [-0.39, 0.29) is 0 Å². The van der Waals surface area contributed by atoms with Gasteiger partial charge in [0.1, 0.15) is 6.33 Å². The first-order valence-electron chi connectivity index (χ1n) is 4.60. The Morgan fingerprint density at radius 3 is 2.50 bits per heavy atom. The van der Waals surface area contributed by atoms with Crippen molar-refractivity contribution in [2.24, 2.45) is 7.05 Å². The first-order valence-corrected chi connectivity index (χ1v) is 4.60. The lowest BCUT2D eigenvalue weighted by Gasteiger charge is -2.03. The Kier molecular flexibility index (Phi) is 2.08. The lowest BCUT2D eigenvalue weighted by Crippen LogP contribution is -1.92. The van der Waals surface area contributed by atoms with Crippen molar-refractivity contribution in [1.82, 2.24) is 14.8 Å². The van der Waals surface area contributed by atoms with Gasteiger partial charge in [-0.1, -0.05) is 12.1 Å². The third-order valence-corrected chi connectivity index (χ3v) is 2.48. The molecule has 0 unspecified atom stereocenters. The molecule has 0 saturated heterocycles. The van der Waals surface area contributed by atoms with Crippen LogP contribution in [0.1, 0.15) is 11.1 Å². The molecule has 0 amide bonds. The Morgan fingerprint density at radius 2 is 1.93 bits per heavy atom. The van der Waals surface area contributed by atoms with Crippen molar-refractivity contribution in [3.05, 3.63) is 35.7 Å². The number of hydrogen-bond acceptors (Lipinski definition) is 2. The standard InChI is InChI=1S/C11H13N3/c1-8-4-5-10(6-9(8)2)11-13-12-7-14(11)3/h4-7H,1-3H3. The van der Waals surface area contributed by atoms with Crippen molar-refractivity contribution < 1.29 is 0 Å². The minimum atomic E-state index is 0.910. The van der Waals surface area contributed by atoms with Crippen LogP contribution in [0.4, 0.5) is 0 Å². The molecular weight excluding hydrogens is 174 g/mol. The molecular formula is C11H13N3.